The fourth-order valence-corrected chi connectivity index (χ4v) is 1.69. The molecule has 0 unspecified atom stereocenters. The Labute approximate surface area is 111 Å². The zero-order chi connectivity index (χ0) is 14.3. The molecule has 0 aliphatic rings. The molecule has 1 aromatic rings. The van der Waals surface area contributed by atoms with Gasteiger partial charge in [-0.05, 0) is 32.7 Å². The van der Waals surface area contributed by atoms with Crippen LogP contribution in [0.2, 0.25) is 0 Å². The quantitative estimate of drug-likeness (QED) is 0.664. The Morgan fingerprint density at radius 2 is 2.05 bits per heavy atom. The van der Waals surface area contributed by atoms with Crippen molar-refractivity contribution in [2.45, 2.75) is 45.6 Å². The number of Topliss-reactive ketones (excluding diaryl/α,β-unsaturated/α-hetero) is 1. The van der Waals surface area contributed by atoms with Gasteiger partial charge in [-0.1, -0.05) is 0 Å². The average molecular weight is 268 g/mol. The molecule has 0 spiro atoms. The highest BCUT2D eigenvalue weighted by molar-refractivity contribution is 5.77. The van der Waals surface area contributed by atoms with Crippen molar-refractivity contribution in [3.8, 4) is 0 Å². The lowest BCUT2D eigenvalue weighted by molar-refractivity contribution is -0.120. The summed E-state index contributed by atoms with van der Waals surface area (Å²) in [6.45, 7) is 3.49. The molecule has 0 saturated carbocycles. The van der Waals surface area contributed by atoms with Crippen molar-refractivity contribution in [3.05, 3.63) is 11.8 Å². The van der Waals surface area contributed by atoms with Gasteiger partial charge in [0.2, 0.25) is 17.7 Å². The van der Waals surface area contributed by atoms with E-state index in [4.69, 9.17) is 10.2 Å². The topological polar surface area (TPSA) is 111 Å². The Hall–Kier alpha value is -1.76. The first-order valence-corrected chi connectivity index (χ1v) is 6.31. The van der Waals surface area contributed by atoms with E-state index >= 15 is 0 Å². The molecule has 1 heterocycles. The number of rotatable bonds is 8. The summed E-state index contributed by atoms with van der Waals surface area (Å²) >= 11 is 0. The summed E-state index contributed by atoms with van der Waals surface area (Å²) in [6, 6.07) is -0.322. The van der Waals surface area contributed by atoms with Crippen LogP contribution < -0.4 is 11.1 Å². The third kappa shape index (κ3) is 5.60. The Morgan fingerprint density at radius 1 is 1.32 bits per heavy atom. The molecule has 0 radical (unpaired) electrons. The number of ketones is 1. The highest BCUT2D eigenvalue weighted by Gasteiger charge is 2.19. The molecule has 106 valence electrons. The highest BCUT2D eigenvalue weighted by atomic mass is 16.4. The van der Waals surface area contributed by atoms with Crippen molar-refractivity contribution >= 4 is 11.7 Å². The maximum absolute atomic E-state index is 11.2. The van der Waals surface area contributed by atoms with Crippen LogP contribution in [-0.2, 0) is 16.0 Å². The van der Waals surface area contributed by atoms with Crippen LogP contribution in [0.4, 0.5) is 0 Å². The minimum atomic E-state index is -0.322. The maximum atomic E-state index is 11.2. The van der Waals surface area contributed by atoms with Gasteiger partial charge in [0.15, 0.2) is 0 Å². The van der Waals surface area contributed by atoms with Crippen LogP contribution in [0.1, 0.15) is 50.9 Å². The second kappa shape index (κ2) is 7.63. The summed E-state index contributed by atoms with van der Waals surface area (Å²) in [5, 5.41) is 10.4. The summed E-state index contributed by atoms with van der Waals surface area (Å²) < 4.78 is 5.40. The summed E-state index contributed by atoms with van der Waals surface area (Å²) in [6.07, 6.45) is 2.51. The molecular weight excluding hydrogens is 248 g/mol. The Bertz CT molecular complexity index is 430. The number of aromatic nitrogens is 2. The highest BCUT2D eigenvalue weighted by Crippen LogP contribution is 2.18. The smallest absolute Gasteiger partial charge is 0.238 e. The molecule has 1 aromatic heterocycles. The number of unbranched alkanes of at least 4 members (excludes halogenated alkanes) is 1. The van der Waals surface area contributed by atoms with E-state index in [0.29, 0.717) is 18.9 Å². The Kier molecular flexibility index (Phi) is 6.14. The maximum Gasteiger partial charge on any atom is 0.238 e. The SMILES string of the molecule is CC(=O)Cc1nnc([C@H](CCCCN)NC(C)=O)o1. The molecule has 1 rings (SSSR count). The molecular formula is C12H20N4O3. The minimum absolute atomic E-state index is 0.0468. The van der Waals surface area contributed by atoms with Crippen molar-refractivity contribution < 1.29 is 14.0 Å². The number of nitrogens with one attached hydrogen (secondary N) is 1. The number of hydrogen-bond acceptors (Lipinski definition) is 6. The second-order valence-corrected chi connectivity index (χ2v) is 4.45. The van der Waals surface area contributed by atoms with Crippen molar-refractivity contribution in [3.63, 3.8) is 0 Å². The zero-order valence-electron chi connectivity index (χ0n) is 11.3. The van der Waals surface area contributed by atoms with Gasteiger partial charge in [-0.15, -0.1) is 10.2 Å². The van der Waals surface area contributed by atoms with Crippen LogP contribution in [0.15, 0.2) is 4.42 Å². The first kappa shape index (κ1) is 15.3. The first-order chi connectivity index (χ1) is 9.02. The predicted octanol–water partition coefficient (Wildman–Crippen LogP) is 0.507. The van der Waals surface area contributed by atoms with Gasteiger partial charge in [0.05, 0.1) is 6.42 Å². The molecule has 0 bridgehead atoms. The average Bonchev–Trinajstić information content (AvgIpc) is 2.75. The van der Waals surface area contributed by atoms with Gasteiger partial charge < -0.3 is 15.5 Å². The molecule has 7 heteroatoms. The first-order valence-electron chi connectivity index (χ1n) is 6.31. The summed E-state index contributed by atoms with van der Waals surface area (Å²) in [4.78, 5) is 22.1. The molecule has 7 nitrogen and oxygen atoms in total. The molecule has 3 N–H and O–H groups in total. The van der Waals surface area contributed by atoms with Crippen molar-refractivity contribution in [1.29, 1.82) is 0 Å². The lowest BCUT2D eigenvalue weighted by Gasteiger charge is -2.13. The largest absolute Gasteiger partial charge is 0.423 e. The Morgan fingerprint density at radius 3 is 2.63 bits per heavy atom. The molecule has 0 aliphatic heterocycles. The molecule has 0 aliphatic carbocycles. The van der Waals surface area contributed by atoms with Crippen molar-refractivity contribution in [2.75, 3.05) is 6.54 Å². The van der Waals surface area contributed by atoms with E-state index in [0.717, 1.165) is 12.8 Å². The fraction of sp³-hybridized carbons (Fsp3) is 0.667. The van der Waals surface area contributed by atoms with E-state index < -0.39 is 0 Å². The van der Waals surface area contributed by atoms with Crippen LogP contribution in [0.5, 0.6) is 0 Å². The molecule has 19 heavy (non-hydrogen) atoms. The van der Waals surface area contributed by atoms with Crippen LogP contribution in [0, 0.1) is 0 Å². The number of amides is 1. The van der Waals surface area contributed by atoms with Crippen LogP contribution in [0.3, 0.4) is 0 Å². The summed E-state index contributed by atoms with van der Waals surface area (Å²) in [5.41, 5.74) is 5.44. The van der Waals surface area contributed by atoms with Gasteiger partial charge in [-0.3, -0.25) is 9.59 Å². The summed E-state index contributed by atoms with van der Waals surface area (Å²) in [7, 11) is 0. The van der Waals surface area contributed by atoms with Gasteiger partial charge in [0.1, 0.15) is 11.8 Å². The Balaban J connectivity index is 2.69. The summed E-state index contributed by atoms with van der Waals surface area (Å²) in [5.74, 6) is 0.402. The van der Waals surface area contributed by atoms with Crippen molar-refractivity contribution in [1.82, 2.24) is 15.5 Å². The van der Waals surface area contributed by atoms with Gasteiger partial charge in [0.25, 0.3) is 0 Å². The monoisotopic (exact) mass is 268 g/mol. The fourth-order valence-electron chi connectivity index (χ4n) is 1.69. The minimum Gasteiger partial charge on any atom is -0.423 e. The van der Waals surface area contributed by atoms with Gasteiger partial charge in [-0.25, -0.2) is 0 Å². The molecule has 0 saturated heterocycles. The van der Waals surface area contributed by atoms with Gasteiger partial charge in [0, 0.05) is 6.92 Å². The van der Waals surface area contributed by atoms with E-state index in [1.807, 2.05) is 0 Å². The molecule has 0 aromatic carbocycles. The number of nitrogens with two attached hydrogens (primary N) is 1. The molecule has 1 atom stereocenters. The van der Waals surface area contributed by atoms with E-state index in [1.54, 1.807) is 0 Å². The molecule has 1 amide bonds. The van der Waals surface area contributed by atoms with Gasteiger partial charge in [-0.2, -0.15) is 0 Å². The van der Waals surface area contributed by atoms with E-state index in [1.165, 1.54) is 13.8 Å². The number of nitrogens with zero attached hydrogens (tertiary/aromatic N) is 2. The number of hydrogen-bond donors (Lipinski definition) is 2. The zero-order valence-corrected chi connectivity index (χ0v) is 11.3. The third-order valence-corrected chi connectivity index (χ3v) is 2.51. The van der Waals surface area contributed by atoms with Crippen LogP contribution >= 0.6 is 0 Å². The normalized spacial score (nSPS) is 12.2. The van der Waals surface area contributed by atoms with E-state index in [-0.39, 0.29) is 30.0 Å². The molecule has 0 fully saturated rings. The van der Waals surface area contributed by atoms with Crippen LogP contribution in [0.25, 0.3) is 0 Å². The third-order valence-electron chi connectivity index (χ3n) is 2.51. The second-order valence-electron chi connectivity index (χ2n) is 4.45. The van der Waals surface area contributed by atoms with E-state index in [2.05, 4.69) is 15.5 Å². The number of carbonyl (C=O) groups is 2. The van der Waals surface area contributed by atoms with Gasteiger partial charge >= 0.3 is 0 Å². The lowest BCUT2D eigenvalue weighted by atomic mass is 10.1. The lowest BCUT2D eigenvalue weighted by Crippen LogP contribution is -2.26. The van der Waals surface area contributed by atoms with E-state index in [9.17, 15) is 9.59 Å². The predicted molar refractivity (Wildman–Crippen MR) is 68.1 cm³/mol. The standard InChI is InChI=1S/C12H20N4O3/c1-8(17)7-11-15-16-12(19-11)10(14-9(2)18)5-3-4-6-13/h10H,3-7,13H2,1-2H3,(H,14,18)/t10-/m0/s1. The van der Waals surface area contributed by atoms with Crippen LogP contribution in [-0.4, -0.2) is 28.4 Å². The number of carbonyl (C=O) groups excluding carboxylic acids is 2. The van der Waals surface area contributed by atoms with Crippen molar-refractivity contribution in [2.24, 2.45) is 5.73 Å².